The van der Waals surface area contributed by atoms with Gasteiger partial charge in [-0.2, -0.15) is 0 Å². The summed E-state index contributed by atoms with van der Waals surface area (Å²) in [6.07, 6.45) is 1.92. The van der Waals surface area contributed by atoms with Gasteiger partial charge in [0.1, 0.15) is 11.6 Å². The predicted octanol–water partition coefficient (Wildman–Crippen LogP) is 4.75. The first kappa shape index (κ1) is 30.8. The Kier molecular flexibility index (Phi) is 11.0. The topological polar surface area (TPSA) is 81.7 Å². The standard InChI is InChI=1S/C32H39F2N3O3S/c1-3-5-11-37-12-13-41(40)31-10-9-25(18-29(31)37)32(39)36-28(17-24-15-26(33)19-27(34)16-24)30(38)21-35-20-23-8-6-7-22(4-2)14-23/h6-10,14-16,18-19,28,30,35,38H,3-5,11-13,17,20-21H2,1-2H3,(H,36,39)/t28-,30+,41?/m1/s1. The fourth-order valence-corrected chi connectivity index (χ4v) is 6.33. The Morgan fingerprint density at radius 3 is 2.51 bits per heavy atom. The van der Waals surface area contributed by atoms with Crippen LogP contribution in [0.5, 0.6) is 0 Å². The van der Waals surface area contributed by atoms with Crippen molar-refractivity contribution in [3.63, 3.8) is 0 Å². The fraction of sp³-hybridized carbons (Fsp3) is 0.406. The molecule has 0 radical (unpaired) electrons. The Morgan fingerprint density at radius 1 is 1.02 bits per heavy atom. The van der Waals surface area contributed by atoms with E-state index >= 15 is 0 Å². The van der Waals surface area contributed by atoms with Gasteiger partial charge in [0.05, 0.1) is 33.5 Å². The Hall–Kier alpha value is -3.14. The van der Waals surface area contributed by atoms with E-state index in [1.165, 1.54) is 17.7 Å². The van der Waals surface area contributed by atoms with Crippen molar-refractivity contribution in [2.24, 2.45) is 0 Å². The van der Waals surface area contributed by atoms with Gasteiger partial charge < -0.3 is 20.6 Å². The van der Waals surface area contributed by atoms with Crippen molar-refractivity contribution in [1.29, 1.82) is 0 Å². The summed E-state index contributed by atoms with van der Waals surface area (Å²) >= 11 is 0. The number of fused-ring (bicyclic) bond motifs is 1. The molecule has 0 aromatic heterocycles. The quantitative estimate of drug-likeness (QED) is 0.271. The molecule has 0 saturated carbocycles. The number of benzene rings is 3. The molecule has 9 heteroatoms. The van der Waals surface area contributed by atoms with E-state index in [1.807, 2.05) is 12.1 Å². The molecule has 0 bridgehead atoms. The maximum Gasteiger partial charge on any atom is 0.251 e. The van der Waals surface area contributed by atoms with E-state index in [-0.39, 0.29) is 13.0 Å². The number of unbranched alkanes of at least 4 members (excludes halogenated alkanes) is 1. The number of anilines is 1. The Labute approximate surface area is 243 Å². The Balaban J connectivity index is 1.51. The first-order chi connectivity index (χ1) is 19.8. The van der Waals surface area contributed by atoms with Gasteiger partial charge in [0.2, 0.25) is 0 Å². The molecule has 0 fully saturated rings. The van der Waals surface area contributed by atoms with Crippen molar-refractivity contribution in [2.75, 3.05) is 30.3 Å². The van der Waals surface area contributed by atoms with Gasteiger partial charge in [0.15, 0.2) is 0 Å². The molecule has 3 atom stereocenters. The minimum absolute atomic E-state index is 0.0339. The molecular weight excluding hydrogens is 544 g/mol. The lowest BCUT2D eigenvalue weighted by Crippen LogP contribution is -2.48. The molecule has 1 aliphatic rings. The molecule has 220 valence electrons. The molecule has 6 nitrogen and oxygen atoms in total. The lowest BCUT2D eigenvalue weighted by molar-refractivity contribution is 0.0829. The number of carbonyl (C=O) groups is 1. The minimum atomic E-state index is -1.13. The number of nitrogens with one attached hydrogen (secondary N) is 2. The minimum Gasteiger partial charge on any atom is -0.390 e. The average Bonchev–Trinajstić information content (AvgIpc) is 2.96. The lowest BCUT2D eigenvalue weighted by atomic mass is 10.00. The zero-order chi connectivity index (χ0) is 29.4. The van der Waals surface area contributed by atoms with E-state index in [2.05, 4.69) is 41.5 Å². The molecule has 0 spiro atoms. The van der Waals surface area contributed by atoms with Crippen molar-refractivity contribution >= 4 is 22.4 Å². The van der Waals surface area contributed by atoms with Gasteiger partial charge in [0, 0.05) is 43.6 Å². The zero-order valence-corrected chi connectivity index (χ0v) is 24.5. The van der Waals surface area contributed by atoms with Gasteiger partial charge in [-0.1, -0.05) is 44.5 Å². The Morgan fingerprint density at radius 2 is 1.78 bits per heavy atom. The van der Waals surface area contributed by atoms with Crippen molar-refractivity contribution in [2.45, 2.75) is 63.1 Å². The van der Waals surface area contributed by atoms with Crippen LogP contribution in [0.25, 0.3) is 0 Å². The number of aliphatic hydroxyl groups excluding tert-OH is 1. The second-order valence-corrected chi connectivity index (χ2v) is 12.0. The maximum absolute atomic E-state index is 13.9. The Bertz CT molecular complexity index is 1350. The third-order valence-electron chi connectivity index (χ3n) is 7.38. The summed E-state index contributed by atoms with van der Waals surface area (Å²) in [5.41, 5.74) is 3.77. The SMILES string of the molecule is CCCCN1CCS(=O)c2ccc(C(=O)N[C@H](Cc3cc(F)cc(F)c3)[C@@H](O)CNCc3cccc(CC)c3)cc21. The third-order valence-corrected chi connectivity index (χ3v) is 8.77. The number of amides is 1. The van der Waals surface area contributed by atoms with Crippen LogP contribution in [0.2, 0.25) is 0 Å². The molecule has 4 rings (SSSR count). The van der Waals surface area contributed by atoms with Crippen LogP contribution in [0.1, 0.15) is 53.7 Å². The number of nitrogens with zero attached hydrogens (tertiary/aromatic N) is 1. The number of aliphatic hydroxyl groups is 1. The van der Waals surface area contributed by atoms with Crippen LogP contribution in [-0.2, 0) is 30.2 Å². The summed E-state index contributed by atoms with van der Waals surface area (Å²) in [6.45, 7) is 6.35. The van der Waals surface area contributed by atoms with E-state index in [0.717, 1.165) is 43.1 Å². The summed E-state index contributed by atoms with van der Waals surface area (Å²) in [5.74, 6) is -1.31. The van der Waals surface area contributed by atoms with Crippen molar-refractivity contribution in [3.05, 3.63) is 94.6 Å². The predicted molar refractivity (Wildman–Crippen MR) is 160 cm³/mol. The van der Waals surface area contributed by atoms with E-state index in [9.17, 15) is 22.9 Å². The highest BCUT2D eigenvalue weighted by Gasteiger charge is 2.26. The monoisotopic (exact) mass is 583 g/mol. The molecule has 1 unspecified atom stereocenters. The molecule has 0 saturated heterocycles. The average molecular weight is 584 g/mol. The number of rotatable bonds is 13. The van der Waals surface area contributed by atoms with Crippen LogP contribution in [0.3, 0.4) is 0 Å². The summed E-state index contributed by atoms with van der Waals surface area (Å²) < 4.78 is 40.5. The molecule has 1 aliphatic heterocycles. The normalized spacial score (nSPS) is 16.2. The highest BCUT2D eigenvalue weighted by Crippen LogP contribution is 2.30. The van der Waals surface area contributed by atoms with Crippen molar-refractivity contribution in [3.8, 4) is 0 Å². The number of hydrogen-bond donors (Lipinski definition) is 3. The number of halogens is 2. The van der Waals surface area contributed by atoms with Crippen LogP contribution in [0, 0.1) is 11.6 Å². The molecule has 3 aromatic carbocycles. The maximum atomic E-state index is 13.9. The smallest absolute Gasteiger partial charge is 0.251 e. The molecular formula is C32H39F2N3O3S. The number of hydrogen-bond acceptors (Lipinski definition) is 5. The van der Waals surface area contributed by atoms with Crippen molar-refractivity contribution in [1.82, 2.24) is 10.6 Å². The highest BCUT2D eigenvalue weighted by molar-refractivity contribution is 7.85. The molecule has 3 aromatic rings. The highest BCUT2D eigenvalue weighted by atomic mass is 32.2. The first-order valence-corrected chi connectivity index (χ1v) is 15.6. The second-order valence-electron chi connectivity index (χ2n) is 10.5. The van der Waals surface area contributed by atoms with Crippen LogP contribution in [0.15, 0.2) is 65.6 Å². The summed E-state index contributed by atoms with van der Waals surface area (Å²) in [5, 5.41) is 17.3. The van der Waals surface area contributed by atoms with Gasteiger partial charge in [-0.25, -0.2) is 8.78 Å². The van der Waals surface area contributed by atoms with E-state index < -0.39 is 40.5 Å². The van der Waals surface area contributed by atoms with Gasteiger partial charge in [-0.15, -0.1) is 0 Å². The summed E-state index contributed by atoms with van der Waals surface area (Å²) in [7, 11) is -1.13. The molecule has 41 heavy (non-hydrogen) atoms. The van der Waals surface area contributed by atoms with Gasteiger partial charge in [-0.3, -0.25) is 9.00 Å². The molecule has 1 heterocycles. The van der Waals surface area contributed by atoms with Gasteiger partial charge >= 0.3 is 0 Å². The van der Waals surface area contributed by atoms with Gasteiger partial charge in [0.25, 0.3) is 5.91 Å². The van der Waals surface area contributed by atoms with Crippen LogP contribution in [-0.4, -0.2) is 52.8 Å². The molecule has 0 aliphatic carbocycles. The summed E-state index contributed by atoms with van der Waals surface area (Å²) in [4.78, 5) is 16.3. The fourth-order valence-electron chi connectivity index (χ4n) is 5.09. The zero-order valence-electron chi connectivity index (χ0n) is 23.7. The van der Waals surface area contributed by atoms with Crippen LogP contribution in [0.4, 0.5) is 14.5 Å². The van der Waals surface area contributed by atoms with E-state index in [1.54, 1.807) is 18.2 Å². The third kappa shape index (κ3) is 8.44. The number of carbonyl (C=O) groups excluding carboxylic acids is 1. The lowest BCUT2D eigenvalue weighted by Gasteiger charge is -2.31. The summed E-state index contributed by atoms with van der Waals surface area (Å²) in [6, 6.07) is 15.7. The number of aryl methyl sites for hydroxylation is 1. The second kappa shape index (κ2) is 14.7. The van der Waals surface area contributed by atoms with Crippen LogP contribution < -0.4 is 15.5 Å². The van der Waals surface area contributed by atoms with Crippen LogP contribution >= 0.6 is 0 Å². The molecule has 3 N–H and O–H groups in total. The molecule has 1 amide bonds. The largest absolute Gasteiger partial charge is 0.390 e. The van der Waals surface area contributed by atoms with E-state index in [4.69, 9.17) is 0 Å². The van der Waals surface area contributed by atoms with Gasteiger partial charge in [-0.05, 0) is 66.3 Å². The first-order valence-electron chi connectivity index (χ1n) is 14.3. The van der Waals surface area contributed by atoms with Crippen molar-refractivity contribution < 1.29 is 22.9 Å². The van der Waals surface area contributed by atoms with E-state index in [0.29, 0.717) is 34.9 Å².